The molecule has 0 aliphatic carbocycles. The monoisotopic (exact) mass is 341 g/mol. The van der Waals surface area contributed by atoms with E-state index in [1.54, 1.807) is 18.3 Å². The Kier molecular flexibility index (Phi) is 4.31. The molecule has 0 bridgehead atoms. The molecule has 2 heterocycles. The average Bonchev–Trinajstić information content (AvgIpc) is 2.40. The summed E-state index contributed by atoms with van der Waals surface area (Å²) in [5.41, 5.74) is 2.66. The van der Waals surface area contributed by atoms with Crippen LogP contribution in [0.4, 0.5) is 11.6 Å². The number of hydrogen-bond donors (Lipinski definition) is 3. The average molecular weight is 343 g/mol. The summed E-state index contributed by atoms with van der Waals surface area (Å²) in [5, 5.41) is 2.82. The van der Waals surface area contributed by atoms with Gasteiger partial charge in [-0.15, -0.1) is 0 Å². The van der Waals surface area contributed by atoms with E-state index in [2.05, 4.69) is 36.6 Å². The highest BCUT2D eigenvalue weighted by molar-refractivity contribution is 9.10. The lowest BCUT2D eigenvalue weighted by atomic mass is 10.2. The molecule has 0 aromatic carbocycles. The normalized spacial score (nSPS) is 10.1. The molecule has 0 spiro atoms. The van der Waals surface area contributed by atoms with E-state index in [0.29, 0.717) is 21.7 Å². The Morgan fingerprint density at radius 2 is 2.21 bits per heavy atom. The molecular weight excluding hydrogens is 334 g/mol. The summed E-state index contributed by atoms with van der Waals surface area (Å²) in [4.78, 5) is 20.0. The van der Waals surface area contributed by atoms with E-state index in [0.717, 1.165) is 0 Å². The van der Waals surface area contributed by atoms with Crippen LogP contribution in [0.3, 0.4) is 0 Å². The minimum Gasteiger partial charge on any atom is -0.308 e. The Morgan fingerprint density at radius 3 is 2.89 bits per heavy atom. The minimum absolute atomic E-state index is 0.167. The molecule has 98 valence electrons. The summed E-state index contributed by atoms with van der Waals surface area (Å²) in [7, 11) is 0. The number of nitrogen functional groups attached to an aromatic ring is 1. The fourth-order valence-corrected chi connectivity index (χ4v) is 1.92. The van der Waals surface area contributed by atoms with Crippen LogP contribution in [-0.4, -0.2) is 15.9 Å². The van der Waals surface area contributed by atoms with Crippen molar-refractivity contribution in [1.29, 1.82) is 0 Å². The molecule has 6 nitrogen and oxygen atoms in total. The van der Waals surface area contributed by atoms with Crippen LogP contribution in [-0.2, 0) is 0 Å². The van der Waals surface area contributed by atoms with Gasteiger partial charge in [-0.2, -0.15) is 0 Å². The van der Waals surface area contributed by atoms with E-state index < -0.39 is 0 Å². The van der Waals surface area contributed by atoms with Crippen LogP contribution < -0.4 is 16.6 Å². The third kappa shape index (κ3) is 3.40. The maximum absolute atomic E-state index is 12.1. The summed E-state index contributed by atoms with van der Waals surface area (Å²) in [6.45, 7) is 0. The first-order valence-electron chi connectivity index (χ1n) is 5.16. The van der Waals surface area contributed by atoms with Gasteiger partial charge >= 0.3 is 0 Å². The van der Waals surface area contributed by atoms with Crippen molar-refractivity contribution in [3.63, 3.8) is 0 Å². The highest BCUT2D eigenvalue weighted by Gasteiger charge is 2.11. The topological polar surface area (TPSA) is 92.9 Å². The van der Waals surface area contributed by atoms with Crippen molar-refractivity contribution in [1.82, 2.24) is 9.97 Å². The van der Waals surface area contributed by atoms with Gasteiger partial charge in [-0.25, -0.2) is 15.8 Å². The number of halogens is 2. The van der Waals surface area contributed by atoms with Gasteiger partial charge in [0.25, 0.3) is 5.91 Å². The number of hydrogen-bond acceptors (Lipinski definition) is 5. The second-order valence-corrected chi connectivity index (χ2v) is 4.74. The molecule has 0 unspecified atom stereocenters. The lowest BCUT2D eigenvalue weighted by Crippen LogP contribution is -2.15. The van der Waals surface area contributed by atoms with E-state index in [1.165, 1.54) is 12.1 Å². The van der Waals surface area contributed by atoms with Crippen molar-refractivity contribution >= 4 is 45.1 Å². The fraction of sp³-hybridized carbons (Fsp3) is 0. The summed E-state index contributed by atoms with van der Waals surface area (Å²) < 4.78 is 0.681. The van der Waals surface area contributed by atoms with Crippen LogP contribution in [0.2, 0.25) is 5.15 Å². The smallest absolute Gasteiger partial charge is 0.257 e. The molecule has 2 aromatic rings. The zero-order valence-electron chi connectivity index (χ0n) is 9.52. The number of amides is 1. The number of anilines is 2. The molecule has 0 radical (unpaired) electrons. The Hall–Kier alpha value is -1.70. The van der Waals surface area contributed by atoms with E-state index in [4.69, 9.17) is 17.4 Å². The minimum atomic E-state index is -0.361. The van der Waals surface area contributed by atoms with Gasteiger partial charge in [0.1, 0.15) is 16.8 Å². The number of nitrogens with zero attached hydrogens (tertiary/aromatic N) is 2. The number of rotatable bonds is 3. The SMILES string of the molecule is NNc1cc(C(=O)Nc2ncccc2Br)cc(Cl)n1. The summed E-state index contributed by atoms with van der Waals surface area (Å²) in [5.74, 6) is 5.60. The Balaban J connectivity index is 2.25. The van der Waals surface area contributed by atoms with Crippen LogP contribution in [0.5, 0.6) is 0 Å². The predicted molar refractivity (Wildman–Crippen MR) is 76.9 cm³/mol. The fourth-order valence-electron chi connectivity index (χ4n) is 1.36. The summed E-state index contributed by atoms with van der Waals surface area (Å²) in [6.07, 6.45) is 1.58. The van der Waals surface area contributed by atoms with E-state index in [9.17, 15) is 4.79 Å². The highest BCUT2D eigenvalue weighted by atomic mass is 79.9. The third-order valence-electron chi connectivity index (χ3n) is 2.19. The van der Waals surface area contributed by atoms with Crippen molar-refractivity contribution in [2.24, 2.45) is 5.84 Å². The van der Waals surface area contributed by atoms with Gasteiger partial charge in [0.15, 0.2) is 0 Å². The first-order chi connectivity index (χ1) is 9.10. The van der Waals surface area contributed by atoms with Gasteiger partial charge in [0, 0.05) is 11.8 Å². The molecule has 2 rings (SSSR count). The molecule has 0 fully saturated rings. The molecule has 2 aromatic heterocycles. The van der Waals surface area contributed by atoms with Crippen molar-refractivity contribution in [3.8, 4) is 0 Å². The number of pyridine rings is 2. The summed E-state index contributed by atoms with van der Waals surface area (Å²) in [6, 6.07) is 6.45. The standard InChI is InChI=1S/C11H9BrClN5O/c12-7-2-1-3-15-10(7)17-11(19)6-4-8(13)16-9(5-6)18-14/h1-5H,14H2,(H,16,18)(H,15,17,19). The second-order valence-electron chi connectivity index (χ2n) is 3.50. The first-order valence-corrected chi connectivity index (χ1v) is 6.33. The highest BCUT2D eigenvalue weighted by Crippen LogP contribution is 2.20. The molecule has 0 saturated heterocycles. The van der Waals surface area contributed by atoms with Gasteiger partial charge in [0.05, 0.1) is 4.47 Å². The van der Waals surface area contributed by atoms with Crippen LogP contribution in [0.1, 0.15) is 10.4 Å². The van der Waals surface area contributed by atoms with Crippen molar-refractivity contribution in [2.75, 3.05) is 10.7 Å². The predicted octanol–water partition coefficient (Wildman–Crippen LogP) is 2.43. The molecule has 19 heavy (non-hydrogen) atoms. The lowest BCUT2D eigenvalue weighted by molar-refractivity contribution is 0.102. The molecule has 1 amide bonds. The molecular formula is C11H9BrClN5O. The van der Waals surface area contributed by atoms with Gasteiger partial charge in [-0.3, -0.25) is 4.79 Å². The van der Waals surface area contributed by atoms with Crippen molar-refractivity contribution in [2.45, 2.75) is 0 Å². The van der Waals surface area contributed by atoms with Crippen molar-refractivity contribution < 1.29 is 4.79 Å². The van der Waals surface area contributed by atoms with Gasteiger partial charge in [0.2, 0.25) is 0 Å². The largest absolute Gasteiger partial charge is 0.308 e. The van der Waals surface area contributed by atoms with Crippen LogP contribution in [0.25, 0.3) is 0 Å². The number of aromatic nitrogens is 2. The van der Waals surface area contributed by atoms with Gasteiger partial charge < -0.3 is 10.7 Å². The second kappa shape index (κ2) is 5.96. The lowest BCUT2D eigenvalue weighted by Gasteiger charge is -2.07. The molecule has 0 aliphatic rings. The van der Waals surface area contributed by atoms with E-state index in [1.807, 2.05) is 0 Å². The first kappa shape index (κ1) is 13.7. The third-order valence-corrected chi connectivity index (χ3v) is 3.03. The van der Waals surface area contributed by atoms with Crippen LogP contribution in [0, 0.1) is 0 Å². The zero-order valence-corrected chi connectivity index (χ0v) is 11.9. The quantitative estimate of drug-likeness (QED) is 0.452. The maximum atomic E-state index is 12.1. The van der Waals surface area contributed by atoms with Gasteiger partial charge in [-0.1, -0.05) is 11.6 Å². The van der Waals surface area contributed by atoms with Crippen LogP contribution in [0.15, 0.2) is 34.9 Å². The zero-order chi connectivity index (χ0) is 13.8. The Bertz CT molecular complexity index is 622. The number of carbonyl (C=O) groups is 1. The van der Waals surface area contributed by atoms with E-state index >= 15 is 0 Å². The van der Waals surface area contributed by atoms with E-state index in [-0.39, 0.29) is 11.1 Å². The van der Waals surface area contributed by atoms with Gasteiger partial charge in [-0.05, 0) is 40.2 Å². The molecule has 4 N–H and O–H groups in total. The molecule has 0 atom stereocenters. The van der Waals surface area contributed by atoms with Crippen molar-refractivity contribution in [3.05, 3.63) is 45.7 Å². The number of nitrogens with two attached hydrogens (primary N) is 1. The Morgan fingerprint density at radius 1 is 1.42 bits per heavy atom. The van der Waals surface area contributed by atoms with Crippen LogP contribution >= 0.6 is 27.5 Å². The number of hydrazine groups is 1. The number of carbonyl (C=O) groups excluding carboxylic acids is 1. The Labute approximate surface area is 122 Å². The molecule has 0 aliphatic heterocycles. The maximum Gasteiger partial charge on any atom is 0.257 e. The molecule has 0 saturated carbocycles. The summed E-state index contributed by atoms with van der Waals surface area (Å²) >= 11 is 9.09. The number of nitrogens with one attached hydrogen (secondary N) is 2. The molecule has 8 heteroatoms.